The van der Waals surface area contributed by atoms with Crippen LogP contribution in [0.25, 0.3) is 0 Å². The summed E-state index contributed by atoms with van der Waals surface area (Å²) in [4.78, 5) is 23.7. The highest BCUT2D eigenvalue weighted by Gasteiger charge is 2.11. The molecule has 2 aromatic carbocycles. The minimum atomic E-state index is -0.450. The predicted molar refractivity (Wildman–Crippen MR) is 84.2 cm³/mol. The van der Waals surface area contributed by atoms with Crippen molar-refractivity contribution in [2.45, 2.75) is 20.3 Å². The molecule has 0 saturated heterocycles. The molecular formula is C17H17FN2O2. The van der Waals surface area contributed by atoms with E-state index in [9.17, 15) is 14.0 Å². The molecule has 0 aromatic heterocycles. The summed E-state index contributed by atoms with van der Waals surface area (Å²) in [5.74, 6) is -1.23. The maximum absolute atomic E-state index is 12.8. The van der Waals surface area contributed by atoms with E-state index in [1.165, 1.54) is 24.3 Å². The van der Waals surface area contributed by atoms with Gasteiger partial charge in [-0.2, -0.15) is 0 Å². The summed E-state index contributed by atoms with van der Waals surface area (Å²) in [6.07, 6.45) is -0.301. The lowest BCUT2D eigenvalue weighted by atomic mass is 10.1. The number of aryl methyl sites for hydroxylation is 1. The monoisotopic (exact) mass is 300 g/mol. The zero-order chi connectivity index (χ0) is 16.1. The highest BCUT2D eigenvalue weighted by atomic mass is 19.1. The molecule has 0 unspecified atom stereocenters. The summed E-state index contributed by atoms with van der Waals surface area (Å²) < 4.78 is 12.8. The molecule has 4 nitrogen and oxygen atoms in total. The number of nitrogens with one attached hydrogen (secondary N) is 2. The predicted octanol–water partition coefficient (Wildman–Crippen LogP) is 3.41. The molecule has 0 atom stereocenters. The zero-order valence-corrected chi connectivity index (χ0v) is 12.4. The number of carbonyl (C=O) groups excluding carboxylic acids is 2. The van der Waals surface area contributed by atoms with Crippen LogP contribution in [0.4, 0.5) is 15.8 Å². The zero-order valence-electron chi connectivity index (χ0n) is 12.4. The van der Waals surface area contributed by atoms with E-state index in [0.717, 1.165) is 11.1 Å². The van der Waals surface area contributed by atoms with Crippen LogP contribution in [0.5, 0.6) is 0 Å². The summed E-state index contributed by atoms with van der Waals surface area (Å²) in [6.45, 7) is 3.86. The van der Waals surface area contributed by atoms with Crippen molar-refractivity contribution in [3.05, 3.63) is 59.4 Å². The molecule has 0 spiro atoms. The van der Waals surface area contributed by atoms with Crippen molar-refractivity contribution in [2.75, 3.05) is 10.6 Å². The van der Waals surface area contributed by atoms with Crippen LogP contribution in [-0.4, -0.2) is 11.8 Å². The van der Waals surface area contributed by atoms with Gasteiger partial charge in [0, 0.05) is 11.4 Å². The molecule has 22 heavy (non-hydrogen) atoms. The molecule has 0 aliphatic rings. The fourth-order valence-corrected chi connectivity index (χ4v) is 1.97. The molecule has 2 N–H and O–H groups in total. The quantitative estimate of drug-likeness (QED) is 0.850. The molecule has 0 heterocycles. The van der Waals surface area contributed by atoms with E-state index >= 15 is 0 Å². The molecule has 5 heteroatoms. The summed E-state index contributed by atoms with van der Waals surface area (Å²) in [5.41, 5.74) is 3.17. The molecular weight excluding hydrogens is 283 g/mol. The highest BCUT2D eigenvalue weighted by molar-refractivity contribution is 6.08. The Labute approximate surface area is 128 Å². The Hall–Kier alpha value is -2.69. The van der Waals surface area contributed by atoms with Crippen LogP contribution >= 0.6 is 0 Å². The Morgan fingerprint density at radius 1 is 0.955 bits per heavy atom. The molecule has 0 aliphatic carbocycles. The van der Waals surface area contributed by atoms with Crippen LogP contribution in [0.2, 0.25) is 0 Å². The number of benzene rings is 2. The lowest BCUT2D eigenvalue weighted by Gasteiger charge is -2.10. The van der Waals surface area contributed by atoms with Gasteiger partial charge < -0.3 is 10.6 Å². The van der Waals surface area contributed by atoms with Crippen LogP contribution < -0.4 is 10.6 Å². The van der Waals surface area contributed by atoms with Gasteiger partial charge in [0.2, 0.25) is 11.8 Å². The van der Waals surface area contributed by atoms with E-state index in [1.54, 1.807) is 6.07 Å². The van der Waals surface area contributed by atoms with Gasteiger partial charge in [-0.25, -0.2) is 4.39 Å². The van der Waals surface area contributed by atoms with Crippen LogP contribution in [0.3, 0.4) is 0 Å². The van der Waals surface area contributed by atoms with Crippen molar-refractivity contribution in [3.63, 3.8) is 0 Å². The Kier molecular flexibility index (Phi) is 4.88. The second-order valence-corrected chi connectivity index (χ2v) is 5.03. The van der Waals surface area contributed by atoms with Gasteiger partial charge in [0.1, 0.15) is 12.2 Å². The van der Waals surface area contributed by atoms with Gasteiger partial charge in [-0.15, -0.1) is 0 Å². The normalized spacial score (nSPS) is 10.1. The van der Waals surface area contributed by atoms with Crippen molar-refractivity contribution in [1.82, 2.24) is 0 Å². The Morgan fingerprint density at radius 3 is 2.27 bits per heavy atom. The summed E-state index contributed by atoms with van der Waals surface area (Å²) in [7, 11) is 0. The summed E-state index contributed by atoms with van der Waals surface area (Å²) in [6, 6.07) is 10.9. The van der Waals surface area contributed by atoms with E-state index in [4.69, 9.17) is 0 Å². The SMILES string of the molecule is Cc1cccc(NC(=O)CC(=O)Nc2ccc(F)cc2)c1C. The van der Waals surface area contributed by atoms with Crippen LogP contribution in [-0.2, 0) is 9.59 Å². The molecule has 2 amide bonds. The maximum Gasteiger partial charge on any atom is 0.233 e. The van der Waals surface area contributed by atoms with Gasteiger partial charge in [0.15, 0.2) is 0 Å². The topological polar surface area (TPSA) is 58.2 Å². The summed E-state index contributed by atoms with van der Waals surface area (Å²) >= 11 is 0. The number of anilines is 2. The number of halogens is 1. The van der Waals surface area contributed by atoms with Gasteiger partial charge in [-0.1, -0.05) is 12.1 Å². The third kappa shape index (κ3) is 4.15. The van der Waals surface area contributed by atoms with Crippen LogP contribution in [0.15, 0.2) is 42.5 Å². The Bertz CT molecular complexity index is 696. The first-order chi connectivity index (χ1) is 10.5. The second-order valence-electron chi connectivity index (χ2n) is 5.03. The van der Waals surface area contributed by atoms with Crippen molar-refractivity contribution >= 4 is 23.2 Å². The first-order valence-corrected chi connectivity index (χ1v) is 6.87. The summed E-state index contributed by atoms with van der Waals surface area (Å²) in [5, 5.41) is 5.26. The van der Waals surface area contributed by atoms with Gasteiger partial charge in [0.25, 0.3) is 0 Å². The fraction of sp³-hybridized carbons (Fsp3) is 0.176. The first kappa shape index (κ1) is 15.7. The smallest absolute Gasteiger partial charge is 0.233 e. The molecule has 0 fully saturated rings. The molecule has 2 aromatic rings. The minimum Gasteiger partial charge on any atom is -0.326 e. The Balaban J connectivity index is 1.92. The molecule has 0 saturated carbocycles. The average Bonchev–Trinajstić information content (AvgIpc) is 2.46. The van der Waals surface area contributed by atoms with E-state index in [-0.39, 0.29) is 12.2 Å². The maximum atomic E-state index is 12.8. The van der Waals surface area contributed by atoms with Gasteiger partial charge in [-0.3, -0.25) is 9.59 Å². The standard InChI is InChI=1S/C17H17FN2O2/c1-11-4-3-5-15(12(11)2)20-17(22)10-16(21)19-14-8-6-13(18)7-9-14/h3-9H,10H2,1-2H3,(H,19,21)(H,20,22). The van der Waals surface area contributed by atoms with Crippen molar-refractivity contribution in [1.29, 1.82) is 0 Å². The number of amides is 2. The molecule has 0 aliphatic heterocycles. The first-order valence-electron chi connectivity index (χ1n) is 6.87. The van der Waals surface area contributed by atoms with Crippen molar-refractivity contribution in [2.24, 2.45) is 0 Å². The van der Waals surface area contributed by atoms with E-state index < -0.39 is 11.8 Å². The fourth-order valence-electron chi connectivity index (χ4n) is 1.97. The largest absolute Gasteiger partial charge is 0.326 e. The number of rotatable bonds is 4. The van der Waals surface area contributed by atoms with Crippen LogP contribution in [0.1, 0.15) is 17.5 Å². The average molecular weight is 300 g/mol. The van der Waals surface area contributed by atoms with E-state index in [0.29, 0.717) is 11.4 Å². The molecule has 0 bridgehead atoms. The van der Waals surface area contributed by atoms with E-state index in [2.05, 4.69) is 10.6 Å². The van der Waals surface area contributed by atoms with E-state index in [1.807, 2.05) is 26.0 Å². The Morgan fingerprint density at radius 2 is 1.59 bits per heavy atom. The van der Waals surface area contributed by atoms with Gasteiger partial charge in [-0.05, 0) is 55.3 Å². The lowest BCUT2D eigenvalue weighted by Crippen LogP contribution is -2.21. The highest BCUT2D eigenvalue weighted by Crippen LogP contribution is 2.18. The second kappa shape index (κ2) is 6.85. The van der Waals surface area contributed by atoms with Crippen molar-refractivity contribution in [3.8, 4) is 0 Å². The van der Waals surface area contributed by atoms with Crippen molar-refractivity contribution < 1.29 is 14.0 Å². The number of carbonyl (C=O) groups is 2. The third-order valence-corrected chi connectivity index (χ3v) is 3.33. The minimum absolute atomic E-state index is 0.301. The van der Waals surface area contributed by atoms with Gasteiger partial charge in [0.05, 0.1) is 0 Å². The molecule has 114 valence electrons. The number of hydrogen-bond donors (Lipinski definition) is 2. The molecule has 0 radical (unpaired) electrons. The van der Waals surface area contributed by atoms with Gasteiger partial charge >= 0.3 is 0 Å². The lowest BCUT2D eigenvalue weighted by molar-refractivity contribution is -0.123. The molecule has 2 rings (SSSR count). The van der Waals surface area contributed by atoms with Crippen LogP contribution in [0, 0.1) is 19.7 Å². The number of hydrogen-bond acceptors (Lipinski definition) is 2. The third-order valence-electron chi connectivity index (χ3n) is 3.33.